The Balaban J connectivity index is 1.78. The standard InChI is InChI=1S/C25H24N4O5/c1-3-13-14-10-29-18(9-16-15(23(29)31)11-34-24(32)25(16,33)4-2)22(14)28-17-7-5-12(6-8-19(26)30)21(27)20(13)17/h5-9,33H,3-4,10-11,27H2,1-2H3,(H2,26,30)/t25-/m0/s1. The van der Waals surface area contributed by atoms with Crippen molar-refractivity contribution in [3.05, 3.63) is 62.4 Å². The Bertz CT molecular complexity index is 1500. The smallest absolute Gasteiger partial charge is 0.343 e. The molecule has 5 N–H and O–H groups in total. The molecule has 5 rings (SSSR count). The van der Waals surface area contributed by atoms with Crippen molar-refractivity contribution in [2.75, 3.05) is 5.73 Å². The zero-order valence-corrected chi connectivity index (χ0v) is 18.8. The van der Waals surface area contributed by atoms with Crippen LogP contribution >= 0.6 is 0 Å². The van der Waals surface area contributed by atoms with E-state index in [9.17, 15) is 19.5 Å². The van der Waals surface area contributed by atoms with E-state index in [1.165, 1.54) is 6.08 Å². The van der Waals surface area contributed by atoms with E-state index in [4.69, 9.17) is 21.2 Å². The molecule has 0 aliphatic carbocycles. The van der Waals surface area contributed by atoms with Gasteiger partial charge in [-0.05, 0) is 42.2 Å². The second kappa shape index (κ2) is 7.53. The van der Waals surface area contributed by atoms with Crippen LogP contribution in [0.3, 0.4) is 0 Å². The molecule has 2 aliphatic heterocycles. The molecule has 0 bridgehead atoms. The highest BCUT2D eigenvalue weighted by Crippen LogP contribution is 2.41. The number of amides is 1. The molecule has 0 saturated carbocycles. The maximum atomic E-state index is 13.4. The predicted octanol–water partition coefficient (Wildman–Crippen LogP) is 1.72. The average molecular weight is 460 g/mol. The zero-order chi connectivity index (χ0) is 24.4. The maximum Gasteiger partial charge on any atom is 0.343 e. The number of nitrogens with two attached hydrogens (primary N) is 2. The molecule has 0 radical (unpaired) electrons. The molecule has 34 heavy (non-hydrogen) atoms. The summed E-state index contributed by atoms with van der Waals surface area (Å²) >= 11 is 0. The number of aliphatic hydroxyl groups is 1. The number of esters is 1. The first kappa shape index (κ1) is 21.8. The van der Waals surface area contributed by atoms with Crippen LogP contribution < -0.4 is 17.0 Å². The Kier molecular flexibility index (Phi) is 4.84. The normalized spacial score (nSPS) is 18.6. The molecule has 0 unspecified atom stereocenters. The number of cyclic esters (lactones) is 1. The van der Waals surface area contributed by atoms with Gasteiger partial charge in [0, 0.05) is 28.3 Å². The molecule has 0 fully saturated rings. The molecular formula is C25H24N4O5. The quantitative estimate of drug-likeness (QED) is 0.238. The number of anilines is 1. The number of fused-ring (bicyclic) bond motifs is 5. The monoisotopic (exact) mass is 460 g/mol. The minimum absolute atomic E-state index is 0.0814. The second-order valence-corrected chi connectivity index (χ2v) is 8.57. The Morgan fingerprint density at radius 3 is 2.74 bits per heavy atom. The van der Waals surface area contributed by atoms with Crippen molar-refractivity contribution in [2.45, 2.75) is 45.4 Å². The molecule has 9 nitrogen and oxygen atoms in total. The molecule has 2 aliphatic rings. The summed E-state index contributed by atoms with van der Waals surface area (Å²) in [5.41, 5.74) is 14.8. The summed E-state index contributed by atoms with van der Waals surface area (Å²) in [5, 5.41) is 11.8. The number of carbonyl (C=O) groups excluding carboxylic acids is 2. The van der Waals surface area contributed by atoms with Gasteiger partial charge in [-0.25, -0.2) is 9.78 Å². The van der Waals surface area contributed by atoms with Crippen LogP contribution in [0.1, 0.15) is 48.1 Å². The van der Waals surface area contributed by atoms with Crippen LogP contribution in [0.2, 0.25) is 0 Å². The van der Waals surface area contributed by atoms with Gasteiger partial charge in [0.25, 0.3) is 5.56 Å². The van der Waals surface area contributed by atoms with E-state index in [0.29, 0.717) is 41.1 Å². The fraction of sp³-hybridized carbons (Fsp3) is 0.280. The summed E-state index contributed by atoms with van der Waals surface area (Å²) in [4.78, 5) is 41.8. The Hall–Kier alpha value is -3.98. The molecule has 4 heterocycles. The van der Waals surface area contributed by atoms with E-state index >= 15 is 0 Å². The summed E-state index contributed by atoms with van der Waals surface area (Å²) in [6, 6.07) is 5.26. The van der Waals surface area contributed by atoms with Gasteiger partial charge < -0.3 is 25.9 Å². The number of benzene rings is 1. The lowest BCUT2D eigenvalue weighted by Crippen LogP contribution is -2.44. The Morgan fingerprint density at radius 1 is 1.29 bits per heavy atom. The topological polar surface area (TPSA) is 151 Å². The van der Waals surface area contributed by atoms with Crippen LogP contribution in [0.5, 0.6) is 0 Å². The lowest BCUT2D eigenvalue weighted by Gasteiger charge is -2.31. The first-order valence-corrected chi connectivity index (χ1v) is 11.1. The van der Waals surface area contributed by atoms with Crippen molar-refractivity contribution in [1.29, 1.82) is 0 Å². The van der Waals surface area contributed by atoms with E-state index in [2.05, 4.69) is 0 Å². The number of aromatic nitrogens is 2. The largest absolute Gasteiger partial charge is 0.458 e. The van der Waals surface area contributed by atoms with E-state index in [1.54, 1.807) is 29.7 Å². The van der Waals surface area contributed by atoms with Crippen molar-refractivity contribution in [2.24, 2.45) is 5.73 Å². The van der Waals surface area contributed by atoms with Gasteiger partial charge in [-0.15, -0.1) is 0 Å². The van der Waals surface area contributed by atoms with E-state index in [-0.39, 0.29) is 29.7 Å². The SMILES string of the molecule is CCc1c2c(nc3ccc(C=CC(N)=O)c(N)c13)-c1cc3c(c(=O)n1C2)COC(=O)[C@]3(O)CC. The van der Waals surface area contributed by atoms with Crippen molar-refractivity contribution >= 4 is 34.5 Å². The zero-order valence-electron chi connectivity index (χ0n) is 18.8. The molecule has 3 aromatic rings. The molecular weight excluding hydrogens is 436 g/mol. The third-order valence-electron chi connectivity index (χ3n) is 6.82. The van der Waals surface area contributed by atoms with Crippen LogP contribution in [-0.4, -0.2) is 26.5 Å². The van der Waals surface area contributed by atoms with Crippen molar-refractivity contribution in [1.82, 2.24) is 9.55 Å². The third-order valence-corrected chi connectivity index (χ3v) is 6.82. The summed E-state index contributed by atoms with van der Waals surface area (Å²) < 4.78 is 6.74. The highest BCUT2D eigenvalue weighted by molar-refractivity contribution is 6.01. The fourth-order valence-electron chi connectivity index (χ4n) is 5.02. The number of primary amides is 1. The second-order valence-electron chi connectivity index (χ2n) is 8.57. The van der Waals surface area contributed by atoms with E-state index in [1.807, 2.05) is 13.0 Å². The molecule has 1 aromatic carbocycles. The first-order valence-electron chi connectivity index (χ1n) is 11.1. The van der Waals surface area contributed by atoms with Crippen molar-refractivity contribution in [3.63, 3.8) is 0 Å². The number of nitrogen functional groups attached to an aromatic ring is 1. The van der Waals surface area contributed by atoms with Crippen LogP contribution in [0.15, 0.2) is 29.1 Å². The average Bonchev–Trinajstić information content (AvgIpc) is 3.18. The van der Waals surface area contributed by atoms with Gasteiger partial charge in [0.05, 0.1) is 29.0 Å². The molecule has 1 amide bonds. The predicted molar refractivity (Wildman–Crippen MR) is 127 cm³/mol. The van der Waals surface area contributed by atoms with Gasteiger partial charge in [-0.2, -0.15) is 0 Å². The van der Waals surface area contributed by atoms with Crippen molar-refractivity contribution < 1.29 is 19.4 Å². The number of rotatable bonds is 4. The summed E-state index contributed by atoms with van der Waals surface area (Å²) in [6.45, 7) is 3.79. The lowest BCUT2D eigenvalue weighted by atomic mass is 9.86. The lowest BCUT2D eigenvalue weighted by molar-refractivity contribution is -0.172. The molecule has 0 saturated heterocycles. The molecule has 9 heteroatoms. The van der Waals surface area contributed by atoms with Crippen LogP contribution in [0.25, 0.3) is 28.4 Å². The summed E-state index contributed by atoms with van der Waals surface area (Å²) in [5.74, 6) is -1.33. The number of hydrogen-bond acceptors (Lipinski definition) is 7. The Labute approximate surface area is 194 Å². The molecule has 174 valence electrons. The maximum absolute atomic E-state index is 13.4. The molecule has 0 spiro atoms. The van der Waals surface area contributed by atoms with Gasteiger partial charge in [0.1, 0.15) is 6.61 Å². The number of hydrogen-bond donors (Lipinski definition) is 3. The van der Waals surface area contributed by atoms with Gasteiger partial charge in [-0.1, -0.05) is 19.9 Å². The van der Waals surface area contributed by atoms with Gasteiger partial charge >= 0.3 is 5.97 Å². The highest BCUT2D eigenvalue weighted by atomic mass is 16.6. The summed E-state index contributed by atoms with van der Waals surface area (Å²) in [7, 11) is 0. The number of pyridine rings is 2. The fourth-order valence-corrected chi connectivity index (χ4v) is 5.02. The van der Waals surface area contributed by atoms with Gasteiger partial charge in [-0.3, -0.25) is 9.59 Å². The molecule has 1 atom stereocenters. The highest BCUT2D eigenvalue weighted by Gasteiger charge is 2.45. The van der Waals surface area contributed by atoms with Crippen LogP contribution in [0.4, 0.5) is 5.69 Å². The number of nitrogens with zero attached hydrogens (tertiary/aromatic N) is 2. The van der Waals surface area contributed by atoms with Gasteiger partial charge in [0.15, 0.2) is 5.60 Å². The number of aryl methyl sites for hydroxylation is 1. The van der Waals surface area contributed by atoms with Crippen LogP contribution in [-0.2, 0) is 39.5 Å². The summed E-state index contributed by atoms with van der Waals surface area (Å²) in [6.07, 6.45) is 3.54. The molecule has 2 aromatic heterocycles. The van der Waals surface area contributed by atoms with Crippen LogP contribution in [0, 0.1) is 0 Å². The minimum atomic E-state index is -1.87. The third kappa shape index (κ3) is 2.90. The van der Waals surface area contributed by atoms with E-state index < -0.39 is 17.5 Å². The minimum Gasteiger partial charge on any atom is -0.458 e. The number of ether oxygens (including phenoxy) is 1. The van der Waals surface area contributed by atoms with E-state index in [0.717, 1.165) is 16.5 Å². The first-order chi connectivity index (χ1) is 16.2. The van der Waals surface area contributed by atoms with Gasteiger partial charge in [0.2, 0.25) is 5.91 Å². The van der Waals surface area contributed by atoms with Crippen molar-refractivity contribution in [3.8, 4) is 11.4 Å². The Morgan fingerprint density at radius 2 is 2.06 bits per heavy atom. The number of carbonyl (C=O) groups is 2.